The number of nitrogens with one attached hydrogen (secondary N) is 1. The van der Waals surface area contributed by atoms with Crippen molar-refractivity contribution in [3.8, 4) is 0 Å². The number of hydrogen-bond acceptors (Lipinski definition) is 3. The molecule has 0 aliphatic rings. The Morgan fingerprint density at radius 3 is 2.76 bits per heavy atom. The maximum atomic E-state index is 11.2. The van der Waals surface area contributed by atoms with Crippen LogP contribution in [0.5, 0.6) is 0 Å². The summed E-state index contributed by atoms with van der Waals surface area (Å²) in [7, 11) is 0. The summed E-state index contributed by atoms with van der Waals surface area (Å²) in [5.41, 5.74) is 0. The number of aliphatic carboxylic acids is 1. The molecule has 2 atom stereocenters. The van der Waals surface area contributed by atoms with E-state index in [4.69, 9.17) is 0 Å². The second kappa shape index (κ2) is 7.45. The molecular weight excluding hydrogens is 234 g/mol. The zero-order chi connectivity index (χ0) is 12.7. The van der Waals surface area contributed by atoms with Gasteiger partial charge < -0.3 is 5.11 Å². The van der Waals surface area contributed by atoms with Gasteiger partial charge in [0.1, 0.15) is 6.04 Å². The first-order chi connectivity index (χ1) is 8.19. The molecule has 0 spiro atoms. The molecule has 0 aromatic carbocycles. The van der Waals surface area contributed by atoms with Crippen LogP contribution in [0.1, 0.15) is 50.4 Å². The number of thiophene rings is 1. The van der Waals surface area contributed by atoms with E-state index in [0.717, 1.165) is 19.3 Å². The lowest BCUT2D eigenvalue weighted by molar-refractivity contribution is -0.140. The first-order valence-corrected chi connectivity index (χ1v) is 7.09. The van der Waals surface area contributed by atoms with E-state index in [1.807, 2.05) is 11.4 Å². The molecular formula is C13H21NO2S. The fourth-order valence-electron chi connectivity index (χ4n) is 1.82. The zero-order valence-electron chi connectivity index (χ0n) is 10.5. The lowest BCUT2D eigenvalue weighted by Crippen LogP contribution is -2.38. The van der Waals surface area contributed by atoms with Gasteiger partial charge in [-0.2, -0.15) is 0 Å². The van der Waals surface area contributed by atoms with Crippen molar-refractivity contribution in [2.24, 2.45) is 0 Å². The van der Waals surface area contributed by atoms with E-state index in [-0.39, 0.29) is 6.04 Å². The Morgan fingerprint density at radius 1 is 1.53 bits per heavy atom. The minimum absolute atomic E-state index is 0.160. The van der Waals surface area contributed by atoms with Gasteiger partial charge in [-0.25, -0.2) is 0 Å². The summed E-state index contributed by atoms with van der Waals surface area (Å²) < 4.78 is 0. The van der Waals surface area contributed by atoms with Crippen molar-refractivity contribution in [3.63, 3.8) is 0 Å². The van der Waals surface area contributed by atoms with Crippen LogP contribution in [0.15, 0.2) is 17.5 Å². The van der Waals surface area contributed by atoms with Crippen LogP contribution < -0.4 is 5.32 Å². The molecule has 0 saturated carbocycles. The van der Waals surface area contributed by atoms with Crippen molar-refractivity contribution in [1.82, 2.24) is 5.32 Å². The van der Waals surface area contributed by atoms with E-state index in [1.54, 1.807) is 11.3 Å². The van der Waals surface area contributed by atoms with E-state index < -0.39 is 12.0 Å². The van der Waals surface area contributed by atoms with Gasteiger partial charge in [0, 0.05) is 10.9 Å². The molecule has 17 heavy (non-hydrogen) atoms. The van der Waals surface area contributed by atoms with E-state index in [9.17, 15) is 9.90 Å². The molecule has 0 saturated heterocycles. The number of carboxylic acid groups (broad SMARTS) is 1. The predicted molar refractivity (Wildman–Crippen MR) is 71.4 cm³/mol. The Morgan fingerprint density at radius 2 is 2.29 bits per heavy atom. The Bertz CT molecular complexity index is 324. The van der Waals surface area contributed by atoms with Crippen molar-refractivity contribution in [2.75, 3.05) is 0 Å². The summed E-state index contributed by atoms with van der Waals surface area (Å²) in [5.74, 6) is -0.742. The molecule has 1 rings (SSSR count). The Hall–Kier alpha value is -0.870. The predicted octanol–water partition coefficient (Wildman–Crippen LogP) is 3.43. The van der Waals surface area contributed by atoms with Gasteiger partial charge in [-0.3, -0.25) is 10.1 Å². The molecule has 1 aromatic rings. The molecule has 0 aliphatic carbocycles. The summed E-state index contributed by atoms with van der Waals surface area (Å²) in [5, 5.41) is 14.5. The average molecular weight is 255 g/mol. The van der Waals surface area contributed by atoms with Crippen LogP contribution in [0.4, 0.5) is 0 Å². The summed E-state index contributed by atoms with van der Waals surface area (Å²) in [6, 6.07) is 3.80. The van der Waals surface area contributed by atoms with Gasteiger partial charge in [0.2, 0.25) is 0 Å². The van der Waals surface area contributed by atoms with Crippen LogP contribution in [0.25, 0.3) is 0 Å². The Labute approximate surface area is 107 Å². The van der Waals surface area contributed by atoms with Crippen molar-refractivity contribution >= 4 is 17.3 Å². The molecule has 2 unspecified atom stereocenters. The molecule has 0 fully saturated rings. The first kappa shape index (κ1) is 14.2. The summed E-state index contributed by atoms with van der Waals surface area (Å²) >= 11 is 1.68. The standard InChI is InChI=1S/C13H21NO2S/c1-3-5-7-11(13(15)16)14-10(4-2)12-8-6-9-17-12/h6,8-11,14H,3-5,7H2,1-2H3,(H,15,16). The Balaban J connectivity index is 2.60. The molecule has 0 aliphatic heterocycles. The number of rotatable bonds is 8. The molecule has 0 amide bonds. The molecule has 0 radical (unpaired) electrons. The summed E-state index contributed by atoms with van der Waals surface area (Å²) in [4.78, 5) is 12.4. The number of carboxylic acids is 1. The third kappa shape index (κ3) is 4.48. The minimum atomic E-state index is -0.742. The third-order valence-corrected chi connectivity index (χ3v) is 3.83. The van der Waals surface area contributed by atoms with Crippen LogP contribution in [0.3, 0.4) is 0 Å². The van der Waals surface area contributed by atoms with Crippen molar-refractivity contribution in [3.05, 3.63) is 22.4 Å². The largest absolute Gasteiger partial charge is 0.480 e. The summed E-state index contributed by atoms with van der Waals surface area (Å²) in [6.07, 6.45) is 3.59. The highest BCUT2D eigenvalue weighted by Crippen LogP contribution is 2.22. The number of unbranched alkanes of at least 4 members (excludes halogenated alkanes) is 1. The molecule has 3 nitrogen and oxygen atoms in total. The highest BCUT2D eigenvalue weighted by molar-refractivity contribution is 7.10. The fourth-order valence-corrected chi connectivity index (χ4v) is 2.69. The van der Waals surface area contributed by atoms with E-state index in [2.05, 4.69) is 25.2 Å². The zero-order valence-corrected chi connectivity index (χ0v) is 11.3. The van der Waals surface area contributed by atoms with E-state index in [1.165, 1.54) is 4.88 Å². The lowest BCUT2D eigenvalue weighted by Gasteiger charge is -2.21. The summed E-state index contributed by atoms with van der Waals surface area (Å²) in [6.45, 7) is 4.16. The van der Waals surface area contributed by atoms with Crippen molar-refractivity contribution in [1.29, 1.82) is 0 Å². The highest BCUT2D eigenvalue weighted by atomic mass is 32.1. The highest BCUT2D eigenvalue weighted by Gasteiger charge is 2.21. The van der Waals surface area contributed by atoms with Crippen LogP contribution in [-0.2, 0) is 4.79 Å². The van der Waals surface area contributed by atoms with Gasteiger partial charge in [-0.05, 0) is 24.3 Å². The van der Waals surface area contributed by atoms with Gasteiger partial charge in [-0.15, -0.1) is 11.3 Å². The smallest absolute Gasteiger partial charge is 0.320 e. The van der Waals surface area contributed by atoms with Gasteiger partial charge in [-0.1, -0.05) is 32.8 Å². The molecule has 1 heterocycles. The first-order valence-electron chi connectivity index (χ1n) is 6.21. The van der Waals surface area contributed by atoms with Crippen LogP contribution in [-0.4, -0.2) is 17.1 Å². The monoisotopic (exact) mass is 255 g/mol. The molecule has 96 valence electrons. The maximum absolute atomic E-state index is 11.2. The van der Waals surface area contributed by atoms with E-state index >= 15 is 0 Å². The van der Waals surface area contributed by atoms with E-state index in [0.29, 0.717) is 6.42 Å². The third-order valence-electron chi connectivity index (χ3n) is 2.84. The van der Waals surface area contributed by atoms with Gasteiger partial charge in [0.05, 0.1) is 0 Å². The molecule has 0 bridgehead atoms. The Kier molecular flexibility index (Phi) is 6.22. The number of hydrogen-bond donors (Lipinski definition) is 2. The van der Waals surface area contributed by atoms with Crippen LogP contribution >= 0.6 is 11.3 Å². The van der Waals surface area contributed by atoms with Gasteiger partial charge >= 0.3 is 5.97 Å². The van der Waals surface area contributed by atoms with Crippen molar-refractivity contribution in [2.45, 2.75) is 51.6 Å². The topological polar surface area (TPSA) is 49.3 Å². The number of carbonyl (C=O) groups is 1. The van der Waals surface area contributed by atoms with Crippen molar-refractivity contribution < 1.29 is 9.90 Å². The lowest BCUT2D eigenvalue weighted by atomic mass is 10.1. The second-order valence-electron chi connectivity index (χ2n) is 4.18. The van der Waals surface area contributed by atoms with Gasteiger partial charge in [0.15, 0.2) is 0 Å². The molecule has 1 aromatic heterocycles. The second-order valence-corrected chi connectivity index (χ2v) is 5.16. The van der Waals surface area contributed by atoms with Crippen LogP contribution in [0, 0.1) is 0 Å². The van der Waals surface area contributed by atoms with Gasteiger partial charge in [0.25, 0.3) is 0 Å². The SMILES string of the molecule is CCCCC(NC(CC)c1cccs1)C(=O)O. The quantitative estimate of drug-likeness (QED) is 0.748. The molecule has 4 heteroatoms. The average Bonchev–Trinajstić information content (AvgIpc) is 2.82. The maximum Gasteiger partial charge on any atom is 0.320 e. The minimum Gasteiger partial charge on any atom is -0.480 e. The fraction of sp³-hybridized carbons (Fsp3) is 0.615. The van der Waals surface area contributed by atoms with Crippen LogP contribution in [0.2, 0.25) is 0 Å². The molecule has 2 N–H and O–H groups in total. The normalized spacial score (nSPS) is 14.5.